The largest absolute Gasteiger partial charge is 0.744 e. The van der Waals surface area contributed by atoms with Crippen molar-refractivity contribution in [2.24, 2.45) is 0 Å². The van der Waals surface area contributed by atoms with Crippen LogP contribution in [0.5, 0.6) is 5.75 Å². The van der Waals surface area contributed by atoms with Crippen LogP contribution >= 0.6 is 0 Å². The molecule has 41 heavy (non-hydrogen) atoms. The summed E-state index contributed by atoms with van der Waals surface area (Å²) in [6, 6.07) is 24.6. The molecule has 3 aromatic carbocycles. The van der Waals surface area contributed by atoms with Crippen LogP contribution in [0.4, 0.5) is 0 Å². The van der Waals surface area contributed by atoms with E-state index in [1.165, 1.54) is 86.3 Å². The van der Waals surface area contributed by atoms with Gasteiger partial charge in [-0.1, -0.05) is 113 Å². The molecule has 0 aromatic heterocycles. The number of aryl methyl sites for hydroxylation is 1. The van der Waals surface area contributed by atoms with Gasteiger partial charge in [0.25, 0.3) is 0 Å². The molecular weight excluding hydrogens is 643 g/mol. The van der Waals surface area contributed by atoms with Gasteiger partial charge in [0.1, 0.15) is 15.9 Å². The van der Waals surface area contributed by atoms with Crippen LogP contribution in [0, 0.1) is 20.3 Å². The van der Waals surface area contributed by atoms with Crippen LogP contribution in [-0.2, 0) is 10.1 Å². The topological polar surface area (TPSA) is 66.4 Å². The fourth-order valence-electron chi connectivity index (χ4n) is 4.08. The van der Waals surface area contributed by atoms with Crippen LogP contribution < -0.4 is 25.9 Å². The molecule has 0 aliphatic carbocycles. The van der Waals surface area contributed by atoms with Gasteiger partial charge in [0.15, 0.2) is 3.93 Å². The summed E-state index contributed by atoms with van der Waals surface area (Å²) >= 11 is -0.225. The molecule has 0 aliphatic heterocycles. The Kier molecular flexibility index (Phi) is 18.2. The molecule has 3 rings (SSSR count). The van der Waals surface area contributed by atoms with Gasteiger partial charge in [0, 0.05) is 5.56 Å². The number of hydrogen-bond acceptors (Lipinski definition) is 4. The van der Waals surface area contributed by atoms with Gasteiger partial charge in [-0.15, -0.1) is 0 Å². The molecule has 0 bridgehead atoms. The van der Waals surface area contributed by atoms with E-state index < -0.39 is 10.1 Å². The van der Waals surface area contributed by atoms with E-state index in [1.54, 1.807) is 12.1 Å². The monoisotopic (exact) mass is 688 g/mol. The molecule has 6 heteroatoms. The number of ether oxygens (including phenoxy) is 1. The van der Waals surface area contributed by atoms with Gasteiger partial charge in [0.2, 0.25) is 3.57 Å². The molecule has 222 valence electrons. The molecule has 0 heterocycles. The van der Waals surface area contributed by atoms with Gasteiger partial charge in [-0.2, -0.15) is 0 Å². The van der Waals surface area contributed by atoms with Gasteiger partial charge in [-0.05, 0) is 67.8 Å². The zero-order valence-corrected chi connectivity index (χ0v) is 27.6. The molecule has 0 radical (unpaired) electrons. The third kappa shape index (κ3) is 17.3. The van der Waals surface area contributed by atoms with Crippen molar-refractivity contribution in [1.82, 2.24) is 0 Å². The van der Waals surface area contributed by atoms with Crippen LogP contribution in [0.2, 0.25) is 0 Å². The summed E-state index contributed by atoms with van der Waals surface area (Å²) in [5.41, 5.74) is 2.00. The Balaban J connectivity index is 0.000000446. The van der Waals surface area contributed by atoms with Crippen molar-refractivity contribution in [3.05, 3.63) is 93.6 Å². The van der Waals surface area contributed by atoms with E-state index in [2.05, 4.69) is 59.2 Å². The molecule has 0 spiro atoms. The van der Waals surface area contributed by atoms with Crippen molar-refractivity contribution >= 4 is 10.1 Å². The highest BCUT2D eigenvalue weighted by molar-refractivity contribution is 7.85. The minimum atomic E-state index is -4.27. The smallest absolute Gasteiger partial charge is 0.420 e. The fraction of sp³-hybridized carbons (Fsp3) is 0.429. The number of benzene rings is 3. The maximum atomic E-state index is 10.4. The second kappa shape index (κ2) is 21.4. The second-order valence-electron chi connectivity index (χ2n) is 10.1. The van der Waals surface area contributed by atoms with E-state index in [0.717, 1.165) is 29.9 Å². The predicted molar refractivity (Wildman–Crippen MR) is 164 cm³/mol. The Hall–Kier alpha value is -2.34. The van der Waals surface area contributed by atoms with Crippen molar-refractivity contribution in [3.63, 3.8) is 0 Å². The highest BCUT2D eigenvalue weighted by atomic mass is 127. The first-order valence-electron chi connectivity index (χ1n) is 14.8. The first kappa shape index (κ1) is 34.9. The average Bonchev–Trinajstić information content (AvgIpc) is 2.97. The lowest BCUT2D eigenvalue weighted by molar-refractivity contribution is -0.535. The quantitative estimate of drug-likeness (QED) is 0.0810. The Labute approximate surface area is 259 Å². The summed E-state index contributed by atoms with van der Waals surface area (Å²) in [5, 5.41) is 0. The summed E-state index contributed by atoms with van der Waals surface area (Å²) < 4.78 is 41.8. The normalized spacial score (nSPS) is 10.7. The summed E-state index contributed by atoms with van der Waals surface area (Å²) in [4.78, 5) is -0.178. The highest BCUT2D eigenvalue weighted by Crippen LogP contribution is 2.14. The third-order valence-electron chi connectivity index (χ3n) is 6.51. The lowest BCUT2D eigenvalue weighted by atomic mass is 10.1. The Bertz CT molecular complexity index is 1250. The van der Waals surface area contributed by atoms with E-state index in [-0.39, 0.29) is 26.1 Å². The number of halogens is 1. The van der Waals surface area contributed by atoms with E-state index in [4.69, 9.17) is 4.74 Å². The minimum absolute atomic E-state index is 0.178. The number of unbranched alkanes of at least 4 members (excludes halogenated alkanes) is 11. The maximum Gasteiger partial charge on any atom is 0.420 e. The SMILES string of the molecule is CCCCCCCCCCCCCCOc1ccc(C#C[I+]c2ccccc2)cc1.Cc1ccc(S(=O)(=O)[O-])cc1. The Morgan fingerprint density at radius 2 is 1.24 bits per heavy atom. The number of hydrogen-bond donors (Lipinski definition) is 0. The zero-order valence-electron chi connectivity index (χ0n) is 24.6. The molecule has 0 saturated heterocycles. The van der Waals surface area contributed by atoms with Crippen molar-refractivity contribution in [2.75, 3.05) is 6.61 Å². The molecule has 0 amide bonds. The van der Waals surface area contributed by atoms with Gasteiger partial charge in [0.05, 0.1) is 11.5 Å². The first-order chi connectivity index (χ1) is 19.9. The van der Waals surface area contributed by atoms with Crippen LogP contribution in [0.3, 0.4) is 0 Å². The summed E-state index contributed by atoms with van der Waals surface area (Å²) in [5.74, 6) is 4.24. The van der Waals surface area contributed by atoms with Gasteiger partial charge < -0.3 is 9.29 Å². The third-order valence-corrected chi connectivity index (χ3v) is 9.24. The van der Waals surface area contributed by atoms with Crippen LogP contribution in [0.1, 0.15) is 95.1 Å². The average molecular weight is 689 g/mol. The standard InChI is InChI=1S/C28H38IO.C7H8O3S/c1-2-3-4-5-6-7-8-9-10-11-12-16-25-30-28-21-19-26(20-22-28)23-24-29-27-17-14-13-15-18-27;1-6-2-4-7(5-3-6)11(8,9)10/h13-15,17-22H,2-12,16,25H2,1H3;2-5H,1H3,(H,8,9,10)/q+1;/p-1. The molecule has 3 aromatic rings. The van der Waals surface area contributed by atoms with Gasteiger partial charge in [-0.25, -0.2) is 8.42 Å². The van der Waals surface area contributed by atoms with Gasteiger partial charge >= 0.3 is 21.2 Å². The second-order valence-corrected chi connectivity index (χ2v) is 13.8. The number of rotatable bonds is 16. The molecule has 0 atom stereocenters. The van der Waals surface area contributed by atoms with Gasteiger partial charge in [-0.3, -0.25) is 0 Å². The summed E-state index contributed by atoms with van der Waals surface area (Å²) in [6.07, 6.45) is 16.5. The van der Waals surface area contributed by atoms with Crippen LogP contribution in [-0.4, -0.2) is 19.6 Å². The molecule has 4 nitrogen and oxygen atoms in total. The molecular formula is C35H45IO4S. The van der Waals surface area contributed by atoms with E-state index in [9.17, 15) is 13.0 Å². The van der Waals surface area contributed by atoms with Crippen molar-refractivity contribution in [2.45, 2.75) is 95.8 Å². The van der Waals surface area contributed by atoms with Crippen LogP contribution in [0.25, 0.3) is 0 Å². The molecule has 0 fully saturated rings. The van der Waals surface area contributed by atoms with Crippen LogP contribution in [0.15, 0.2) is 83.8 Å². The summed E-state index contributed by atoms with van der Waals surface area (Å²) in [7, 11) is -4.27. The summed E-state index contributed by atoms with van der Waals surface area (Å²) in [6.45, 7) is 4.93. The molecule has 0 aliphatic rings. The minimum Gasteiger partial charge on any atom is -0.744 e. The van der Waals surface area contributed by atoms with Crippen molar-refractivity contribution in [3.8, 4) is 15.6 Å². The van der Waals surface area contributed by atoms with E-state index in [0.29, 0.717) is 0 Å². The fourth-order valence-corrected chi connectivity index (χ4v) is 6.08. The predicted octanol–water partition coefficient (Wildman–Crippen LogP) is 5.93. The first-order valence-corrected chi connectivity index (χ1v) is 18.4. The van der Waals surface area contributed by atoms with Crippen molar-refractivity contribution < 1.29 is 38.9 Å². The Morgan fingerprint density at radius 1 is 0.707 bits per heavy atom. The van der Waals surface area contributed by atoms with E-state index >= 15 is 0 Å². The molecule has 0 unspecified atom stereocenters. The maximum absolute atomic E-state index is 10.4. The Morgan fingerprint density at radius 3 is 1.78 bits per heavy atom. The zero-order chi connectivity index (χ0) is 29.6. The highest BCUT2D eigenvalue weighted by Gasteiger charge is 2.06. The molecule has 0 saturated carbocycles. The lowest BCUT2D eigenvalue weighted by Crippen LogP contribution is -3.59. The van der Waals surface area contributed by atoms with Crippen molar-refractivity contribution in [1.29, 1.82) is 0 Å². The lowest BCUT2D eigenvalue weighted by Gasteiger charge is -2.06. The van der Waals surface area contributed by atoms with E-state index in [1.807, 2.05) is 19.1 Å². The molecule has 0 N–H and O–H groups in total.